The van der Waals surface area contributed by atoms with Gasteiger partial charge < -0.3 is 10.2 Å². The molecule has 0 radical (unpaired) electrons. The second-order valence-corrected chi connectivity index (χ2v) is 9.62. The zero-order valence-corrected chi connectivity index (χ0v) is 17.9. The zero-order chi connectivity index (χ0) is 24.6. The largest absolute Gasteiger partial charge is 0.417 e. The van der Waals surface area contributed by atoms with Gasteiger partial charge in [0.2, 0.25) is 11.2 Å². The Labute approximate surface area is 188 Å². The third-order valence-corrected chi connectivity index (χ3v) is 7.24. The summed E-state index contributed by atoms with van der Waals surface area (Å²) in [7, 11) is -4.65. The molecule has 2 unspecified atom stereocenters. The number of nitrogens with one attached hydrogen (secondary N) is 1. The lowest BCUT2D eigenvalue weighted by molar-refractivity contribution is -0.139. The van der Waals surface area contributed by atoms with Crippen LogP contribution < -0.4 is 10.2 Å². The first-order valence-corrected chi connectivity index (χ1v) is 11.1. The first-order chi connectivity index (χ1) is 15.2. The highest BCUT2D eigenvalue weighted by atomic mass is 35.5. The summed E-state index contributed by atoms with van der Waals surface area (Å²) < 4.78 is 104. The Morgan fingerprint density at radius 2 is 1.82 bits per heavy atom. The molecule has 2 heterocycles. The Hall–Kier alpha value is -2.61. The molecule has 1 aromatic carbocycles. The molecule has 33 heavy (non-hydrogen) atoms. The van der Waals surface area contributed by atoms with Gasteiger partial charge in [0.1, 0.15) is 18.4 Å². The maximum atomic E-state index is 13.4. The van der Waals surface area contributed by atoms with Crippen LogP contribution in [-0.2, 0) is 20.8 Å². The lowest BCUT2D eigenvalue weighted by Gasteiger charge is -2.24. The van der Waals surface area contributed by atoms with E-state index in [0.29, 0.717) is 6.07 Å². The van der Waals surface area contributed by atoms with Gasteiger partial charge in [0.15, 0.2) is 9.84 Å². The Kier molecular flexibility index (Phi) is 6.80. The monoisotopic (exact) mass is 516 g/mol. The molecule has 1 aromatic heterocycles. The van der Waals surface area contributed by atoms with Gasteiger partial charge in [-0.05, 0) is 36.2 Å². The summed E-state index contributed by atoms with van der Waals surface area (Å²) >= 11 is 5.72. The Bertz CT molecular complexity index is 1140. The van der Waals surface area contributed by atoms with Crippen LogP contribution in [0.25, 0.3) is 0 Å². The first kappa shape index (κ1) is 25.0. The molecule has 2 aromatic rings. The van der Waals surface area contributed by atoms with E-state index in [1.54, 1.807) is 5.32 Å². The van der Waals surface area contributed by atoms with Crippen LogP contribution in [0, 0.1) is 0 Å². The fourth-order valence-corrected chi connectivity index (χ4v) is 5.50. The molecule has 0 aliphatic carbocycles. The summed E-state index contributed by atoms with van der Waals surface area (Å²) in [6, 6.07) is 3.33. The van der Waals surface area contributed by atoms with Crippen LogP contribution in [0.1, 0.15) is 12.0 Å². The highest BCUT2D eigenvalue weighted by Crippen LogP contribution is 2.38. The minimum Gasteiger partial charge on any atom is -0.345 e. The number of anilines is 1. The third-order valence-electron chi connectivity index (χ3n) is 4.87. The van der Waals surface area contributed by atoms with Crippen LogP contribution in [0.2, 0.25) is 5.28 Å². The number of nitrogens with zero attached hydrogens (tertiary/aromatic N) is 3. The number of halogens is 7. The molecule has 7 nitrogen and oxygen atoms in total. The van der Waals surface area contributed by atoms with Crippen molar-refractivity contribution in [3.63, 3.8) is 0 Å². The number of carbonyl (C=O) groups is 1. The second-order valence-electron chi connectivity index (χ2n) is 7.08. The van der Waals surface area contributed by atoms with Crippen LogP contribution in [0.4, 0.5) is 32.2 Å². The lowest BCUT2D eigenvalue weighted by Crippen LogP contribution is -2.46. The number of sulfone groups is 1. The third kappa shape index (κ3) is 5.66. The summed E-state index contributed by atoms with van der Waals surface area (Å²) in [6.07, 6.45) is -9.09. The zero-order valence-electron chi connectivity index (χ0n) is 16.4. The number of carbonyl (C=O) groups excluding carboxylic acids is 1. The molecule has 15 heteroatoms. The van der Waals surface area contributed by atoms with E-state index in [2.05, 4.69) is 9.97 Å². The Morgan fingerprint density at radius 3 is 2.42 bits per heavy atom. The van der Waals surface area contributed by atoms with Gasteiger partial charge >= 0.3 is 12.4 Å². The lowest BCUT2D eigenvalue weighted by atomic mass is 10.2. The summed E-state index contributed by atoms with van der Waals surface area (Å²) in [5, 5.41) is -0.157. The Balaban J connectivity index is 1.99. The molecule has 0 bridgehead atoms. The van der Waals surface area contributed by atoms with E-state index in [0.717, 1.165) is 23.1 Å². The van der Waals surface area contributed by atoms with Crippen molar-refractivity contribution in [2.75, 3.05) is 18.0 Å². The van der Waals surface area contributed by atoms with Crippen molar-refractivity contribution in [2.24, 2.45) is 0 Å². The number of benzene rings is 1. The van der Waals surface area contributed by atoms with Crippen LogP contribution >= 0.6 is 11.6 Å². The van der Waals surface area contributed by atoms with Gasteiger partial charge in [0.05, 0.1) is 15.7 Å². The van der Waals surface area contributed by atoms with Crippen molar-refractivity contribution in [1.29, 1.82) is 0 Å². The molecule has 180 valence electrons. The van der Waals surface area contributed by atoms with Gasteiger partial charge in [-0.3, -0.25) is 4.79 Å². The highest BCUT2D eigenvalue weighted by Gasteiger charge is 2.47. The fourth-order valence-electron chi connectivity index (χ4n) is 3.44. The normalized spacial score (nSPS) is 19.5. The molecule has 0 spiro atoms. The Morgan fingerprint density at radius 1 is 1.15 bits per heavy atom. The number of alkyl halides is 6. The number of rotatable bonds is 5. The van der Waals surface area contributed by atoms with E-state index < -0.39 is 69.4 Å². The molecule has 1 fully saturated rings. The summed E-state index contributed by atoms with van der Waals surface area (Å²) in [5.41, 5.74) is -1.38. The minimum atomic E-state index is -4.97. The van der Waals surface area contributed by atoms with Crippen molar-refractivity contribution in [2.45, 2.75) is 35.0 Å². The first-order valence-electron chi connectivity index (χ1n) is 9.20. The molecule has 0 saturated carbocycles. The summed E-state index contributed by atoms with van der Waals surface area (Å²) in [4.78, 5) is 20.1. The van der Waals surface area contributed by atoms with Gasteiger partial charge in [-0.2, -0.15) is 26.3 Å². The molecule has 1 amide bonds. The van der Waals surface area contributed by atoms with Crippen LogP contribution in [0.5, 0.6) is 0 Å². The molecular formula is C18H15ClF6N4O3S. The van der Waals surface area contributed by atoms with Gasteiger partial charge in [0.25, 0.3) is 0 Å². The van der Waals surface area contributed by atoms with E-state index in [9.17, 15) is 39.6 Å². The molecule has 1 N–H and O–H groups in total. The van der Waals surface area contributed by atoms with Gasteiger partial charge in [-0.15, -0.1) is 0 Å². The van der Waals surface area contributed by atoms with Gasteiger partial charge in [-0.25, -0.2) is 18.4 Å². The predicted octanol–water partition coefficient (Wildman–Crippen LogP) is 3.25. The number of hydrogen-bond donors (Lipinski definition) is 1. The molecule has 1 aliphatic heterocycles. The minimum absolute atomic E-state index is 0.0658. The number of amides is 1. The van der Waals surface area contributed by atoms with Crippen molar-refractivity contribution in [3.05, 3.63) is 47.4 Å². The standard InChI is InChI=1S/C18H15ClF6N4O3S/c19-16-26-6-5-14(28-16)29-8-10(7-12(29)15(30)27-9-17(20,21)22)33(31,32)13-4-2-1-3-11(13)18(23,24)25/h1-6,10,12H,7-9H2,(H,27,30). The topological polar surface area (TPSA) is 92.3 Å². The average Bonchev–Trinajstić information content (AvgIpc) is 3.17. The van der Waals surface area contributed by atoms with E-state index in [1.165, 1.54) is 12.3 Å². The molecule has 1 saturated heterocycles. The van der Waals surface area contributed by atoms with Crippen LogP contribution in [-0.4, -0.2) is 54.9 Å². The van der Waals surface area contributed by atoms with E-state index in [4.69, 9.17) is 11.6 Å². The second kappa shape index (κ2) is 8.97. The van der Waals surface area contributed by atoms with Crippen molar-refractivity contribution >= 4 is 33.2 Å². The van der Waals surface area contributed by atoms with Crippen molar-refractivity contribution in [3.8, 4) is 0 Å². The van der Waals surface area contributed by atoms with E-state index in [1.807, 2.05) is 0 Å². The summed E-state index contributed by atoms with van der Waals surface area (Å²) in [6.45, 7) is -2.18. The molecule has 2 atom stereocenters. The van der Waals surface area contributed by atoms with E-state index >= 15 is 0 Å². The van der Waals surface area contributed by atoms with E-state index in [-0.39, 0.29) is 11.1 Å². The summed E-state index contributed by atoms with van der Waals surface area (Å²) in [5.74, 6) is -1.23. The van der Waals surface area contributed by atoms with Crippen LogP contribution in [0.15, 0.2) is 41.4 Å². The van der Waals surface area contributed by atoms with Crippen LogP contribution in [0.3, 0.4) is 0 Å². The number of hydrogen-bond acceptors (Lipinski definition) is 6. The van der Waals surface area contributed by atoms with Crippen molar-refractivity contribution in [1.82, 2.24) is 15.3 Å². The maximum Gasteiger partial charge on any atom is 0.417 e. The highest BCUT2D eigenvalue weighted by molar-refractivity contribution is 7.92. The van der Waals surface area contributed by atoms with Crippen molar-refractivity contribution < 1.29 is 39.6 Å². The average molecular weight is 517 g/mol. The number of aromatic nitrogens is 2. The SMILES string of the molecule is O=C(NCC(F)(F)F)C1CC(S(=O)(=O)c2ccccc2C(F)(F)F)CN1c1ccnc(Cl)n1. The fraction of sp³-hybridized carbons (Fsp3) is 0.389. The quantitative estimate of drug-likeness (QED) is 0.484. The molecule has 3 rings (SSSR count). The molecular weight excluding hydrogens is 502 g/mol. The van der Waals surface area contributed by atoms with Gasteiger partial charge in [0, 0.05) is 12.7 Å². The smallest absolute Gasteiger partial charge is 0.345 e. The predicted molar refractivity (Wildman–Crippen MR) is 104 cm³/mol. The van der Waals surface area contributed by atoms with Gasteiger partial charge in [-0.1, -0.05) is 12.1 Å². The molecule has 1 aliphatic rings. The maximum absolute atomic E-state index is 13.4.